The molecule has 2 aromatic rings. The second-order valence-corrected chi connectivity index (χ2v) is 5.66. The first kappa shape index (κ1) is 13.1. The van der Waals surface area contributed by atoms with Crippen molar-refractivity contribution < 1.29 is 9.18 Å². The molecule has 0 atom stereocenters. The number of hydrogen-bond acceptors (Lipinski definition) is 3. The first-order chi connectivity index (χ1) is 9.66. The minimum absolute atomic E-state index is 0.0617. The molecular formula is C15H15FN2OS. The minimum atomic E-state index is -0.317. The largest absolute Gasteiger partial charge is 0.373 e. The SMILES string of the molecule is CN1CCCN(C(=O)c2ccsc2)c2cc(F)ccc21. The van der Waals surface area contributed by atoms with Gasteiger partial charge in [-0.05, 0) is 36.1 Å². The summed E-state index contributed by atoms with van der Waals surface area (Å²) >= 11 is 1.49. The summed E-state index contributed by atoms with van der Waals surface area (Å²) in [4.78, 5) is 16.3. The van der Waals surface area contributed by atoms with Crippen molar-refractivity contribution in [3.8, 4) is 0 Å². The summed E-state index contributed by atoms with van der Waals surface area (Å²) in [5.74, 6) is -0.379. The average Bonchev–Trinajstić information content (AvgIpc) is 2.91. The normalized spacial score (nSPS) is 14.9. The molecule has 3 nitrogen and oxygen atoms in total. The highest BCUT2D eigenvalue weighted by Crippen LogP contribution is 2.33. The Balaban J connectivity index is 2.06. The highest BCUT2D eigenvalue weighted by molar-refractivity contribution is 7.08. The number of carbonyl (C=O) groups is 1. The third kappa shape index (κ3) is 2.29. The van der Waals surface area contributed by atoms with Crippen molar-refractivity contribution in [2.75, 3.05) is 29.9 Å². The Kier molecular flexibility index (Phi) is 3.44. The Morgan fingerprint density at radius 1 is 1.25 bits per heavy atom. The van der Waals surface area contributed by atoms with Gasteiger partial charge in [-0.2, -0.15) is 11.3 Å². The first-order valence-electron chi connectivity index (χ1n) is 6.51. The maximum atomic E-state index is 13.6. The van der Waals surface area contributed by atoms with E-state index in [2.05, 4.69) is 4.90 Å². The van der Waals surface area contributed by atoms with E-state index in [9.17, 15) is 9.18 Å². The lowest BCUT2D eigenvalue weighted by atomic mass is 10.2. The van der Waals surface area contributed by atoms with Gasteiger partial charge in [0.2, 0.25) is 0 Å². The second kappa shape index (κ2) is 5.25. The van der Waals surface area contributed by atoms with Crippen LogP contribution in [-0.2, 0) is 0 Å². The van der Waals surface area contributed by atoms with Gasteiger partial charge < -0.3 is 9.80 Å². The van der Waals surface area contributed by atoms with Gasteiger partial charge in [0.1, 0.15) is 5.82 Å². The van der Waals surface area contributed by atoms with Crippen LogP contribution >= 0.6 is 11.3 Å². The van der Waals surface area contributed by atoms with Crippen molar-refractivity contribution in [1.29, 1.82) is 0 Å². The maximum Gasteiger partial charge on any atom is 0.259 e. The highest BCUT2D eigenvalue weighted by Gasteiger charge is 2.24. The molecule has 0 N–H and O–H groups in total. The summed E-state index contributed by atoms with van der Waals surface area (Å²) in [6.07, 6.45) is 0.864. The molecule has 5 heteroatoms. The Labute approximate surface area is 121 Å². The monoisotopic (exact) mass is 290 g/mol. The molecule has 0 spiro atoms. The number of nitrogens with zero attached hydrogens (tertiary/aromatic N) is 2. The summed E-state index contributed by atoms with van der Waals surface area (Å²) in [6, 6.07) is 6.43. The topological polar surface area (TPSA) is 23.6 Å². The molecule has 0 saturated carbocycles. The molecular weight excluding hydrogens is 275 g/mol. The molecule has 1 aromatic carbocycles. The second-order valence-electron chi connectivity index (χ2n) is 4.88. The van der Waals surface area contributed by atoms with E-state index >= 15 is 0 Å². The van der Waals surface area contributed by atoms with Gasteiger partial charge in [0.05, 0.1) is 16.9 Å². The van der Waals surface area contributed by atoms with Crippen LogP contribution in [0.2, 0.25) is 0 Å². The van der Waals surface area contributed by atoms with Crippen LogP contribution in [0.15, 0.2) is 35.0 Å². The van der Waals surface area contributed by atoms with Crippen molar-refractivity contribution in [3.63, 3.8) is 0 Å². The van der Waals surface area contributed by atoms with Crippen LogP contribution < -0.4 is 9.80 Å². The number of benzene rings is 1. The molecule has 0 fully saturated rings. The van der Waals surface area contributed by atoms with Crippen LogP contribution in [0.4, 0.5) is 15.8 Å². The highest BCUT2D eigenvalue weighted by atomic mass is 32.1. The molecule has 2 heterocycles. The number of halogens is 1. The van der Waals surface area contributed by atoms with Crippen LogP contribution in [0, 0.1) is 5.82 Å². The predicted octanol–water partition coefficient (Wildman–Crippen LogP) is 3.37. The third-order valence-electron chi connectivity index (χ3n) is 3.53. The average molecular weight is 290 g/mol. The van der Waals surface area contributed by atoms with E-state index in [0.29, 0.717) is 17.8 Å². The van der Waals surface area contributed by atoms with Crippen LogP contribution in [0.3, 0.4) is 0 Å². The van der Waals surface area contributed by atoms with E-state index in [-0.39, 0.29) is 11.7 Å². The first-order valence-corrected chi connectivity index (χ1v) is 7.46. The molecule has 3 rings (SSSR count). The molecule has 0 bridgehead atoms. The van der Waals surface area contributed by atoms with Crippen molar-refractivity contribution in [2.24, 2.45) is 0 Å². The van der Waals surface area contributed by atoms with Gasteiger partial charge in [0.15, 0.2) is 0 Å². The van der Waals surface area contributed by atoms with Crippen LogP contribution in [0.1, 0.15) is 16.8 Å². The van der Waals surface area contributed by atoms with Crippen molar-refractivity contribution in [1.82, 2.24) is 0 Å². The number of carbonyl (C=O) groups excluding carboxylic acids is 1. The Bertz CT molecular complexity index is 627. The Hall–Kier alpha value is -1.88. The Morgan fingerprint density at radius 3 is 2.85 bits per heavy atom. The van der Waals surface area contributed by atoms with Gasteiger partial charge >= 0.3 is 0 Å². The van der Waals surface area contributed by atoms with E-state index in [1.807, 2.05) is 17.8 Å². The van der Waals surface area contributed by atoms with Crippen molar-refractivity contribution >= 4 is 28.6 Å². The fourth-order valence-electron chi connectivity index (χ4n) is 2.50. The zero-order valence-electron chi connectivity index (χ0n) is 11.2. The fourth-order valence-corrected chi connectivity index (χ4v) is 3.13. The van der Waals surface area contributed by atoms with E-state index in [1.165, 1.54) is 23.5 Å². The lowest BCUT2D eigenvalue weighted by Crippen LogP contribution is -2.31. The van der Waals surface area contributed by atoms with Crippen molar-refractivity contribution in [2.45, 2.75) is 6.42 Å². The number of thiophene rings is 1. The maximum absolute atomic E-state index is 13.6. The standard InChI is InChI=1S/C15H15FN2OS/c1-17-6-2-7-18(15(19)11-5-8-20-10-11)14-9-12(16)3-4-13(14)17/h3-5,8-10H,2,6-7H2,1H3. The molecule has 104 valence electrons. The molecule has 0 aliphatic carbocycles. The van der Waals surface area contributed by atoms with Crippen molar-refractivity contribution in [3.05, 3.63) is 46.4 Å². The lowest BCUT2D eigenvalue weighted by molar-refractivity contribution is 0.0987. The molecule has 1 aliphatic heterocycles. The van der Waals surface area contributed by atoms with Crippen LogP contribution in [0.5, 0.6) is 0 Å². The molecule has 1 aromatic heterocycles. The molecule has 20 heavy (non-hydrogen) atoms. The lowest BCUT2D eigenvalue weighted by Gasteiger charge is -2.24. The van der Waals surface area contributed by atoms with Gasteiger partial charge in [0.25, 0.3) is 5.91 Å². The molecule has 0 radical (unpaired) electrons. The third-order valence-corrected chi connectivity index (χ3v) is 4.21. The summed E-state index contributed by atoms with van der Waals surface area (Å²) in [7, 11) is 1.97. The van der Waals surface area contributed by atoms with Gasteiger partial charge in [-0.1, -0.05) is 0 Å². The van der Waals surface area contributed by atoms with Gasteiger partial charge in [-0.15, -0.1) is 0 Å². The van der Waals surface area contributed by atoms with E-state index in [4.69, 9.17) is 0 Å². The summed E-state index contributed by atoms with van der Waals surface area (Å²) in [5, 5.41) is 3.71. The van der Waals surface area contributed by atoms with E-state index < -0.39 is 0 Å². The summed E-state index contributed by atoms with van der Waals surface area (Å²) in [5.41, 5.74) is 2.21. The number of fused-ring (bicyclic) bond motifs is 1. The minimum Gasteiger partial charge on any atom is -0.373 e. The van der Waals surface area contributed by atoms with E-state index in [0.717, 1.165) is 18.7 Å². The van der Waals surface area contributed by atoms with Gasteiger partial charge in [-0.3, -0.25) is 4.79 Å². The summed E-state index contributed by atoms with van der Waals surface area (Å²) in [6.45, 7) is 1.46. The Morgan fingerprint density at radius 2 is 2.10 bits per heavy atom. The van der Waals surface area contributed by atoms with Gasteiger partial charge in [-0.25, -0.2) is 4.39 Å². The fraction of sp³-hybridized carbons (Fsp3) is 0.267. The van der Waals surface area contributed by atoms with Crippen LogP contribution in [-0.4, -0.2) is 26.0 Å². The number of hydrogen-bond donors (Lipinski definition) is 0. The van der Waals surface area contributed by atoms with Gasteiger partial charge in [0, 0.05) is 25.5 Å². The van der Waals surface area contributed by atoms with E-state index in [1.54, 1.807) is 17.0 Å². The van der Waals surface area contributed by atoms with Crippen LogP contribution in [0.25, 0.3) is 0 Å². The quantitative estimate of drug-likeness (QED) is 0.804. The number of amides is 1. The number of rotatable bonds is 1. The molecule has 0 unspecified atom stereocenters. The zero-order chi connectivity index (χ0) is 14.1. The molecule has 1 amide bonds. The predicted molar refractivity (Wildman–Crippen MR) is 80.3 cm³/mol. The summed E-state index contributed by atoms with van der Waals surface area (Å²) < 4.78 is 13.6. The smallest absolute Gasteiger partial charge is 0.259 e. The molecule has 1 aliphatic rings. The molecule has 0 saturated heterocycles. The zero-order valence-corrected chi connectivity index (χ0v) is 12.0. The number of anilines is 2.